The molecule has 1 aliphatic rings. The van der Waals surface area contributed by atoms with Gasteiger partial charge in [0.25, 0.3) is 0 Å². The molecule has 1 aromatic rings. The maximum atomic E-state index is 11.9. The zero-order valence-electron chi connectivity index (χ0n) is 9.91. The van der Waals surface area contributed by atoms with E-state index in [2.05, 4.69) is 42.2 Å². The number of aliphatic imine (C=N–C) groups is 1. The lowest BCUT2D eigenvalue weighted by Crippen LogP contribution is -2.21. The minimum absolute atomic E-state index is 0.341. The summed E-state index contributed by atoms with van der Waals surface area (Å²) in [4.78, 5) is 17.9. The third kappa shape index (κ3) is 3.11. The molecule has 0 unspecified atom stereocenters. The normalized spacial score (nSPS) is 17.3. The number of amidine groups is 1. The van der Waals surface area contributed by atoms with Crippen LogP contribution in [0.1, 0.15) is 12.8 Å². The quantitative estimate of drug-likeness (QED) is 0.810. The predicted octanol–water partition coefficient (Wildman–Crippen LogP) is 3.87. The molecule has 0 aromatic heterocycles. The number of hydrogen-bond donors (Lipinski definition) is 1. The first-order chi connectivity index (χ1) is 8.58. The molecule has 2 amide bonds. The third-order valence-corrected chi connectivity index (χ3v) is 4.08. The number of nitrogens with one attached hydrogen (secondary N) is 1. The molecule has 96 valence electrons. The van der Waals surface area contributed by atoms with Crippen molar-refractivity contribution in [3.8, 4) is 0 Å². The topological polar surface area (TPSA) is 44.7 Å². The maximum absolute atomic E-state index is 11.9. The summed E-state index contributed by atoms with van der Waals surface area (Å²) >= 11 is 6.79. The van der Waals surface area contributed by atoms with E-state index in [1.165, 1.54) is 0 Å². The van der Waals surface area contributed by atoms with Gasteiger partial charge >= 0.3 is 6.03 Å². The van der Waals surface area contributed by atoms with Crippen LogP contribution in [0, 0.1) is 0 Å². The number of benzene rings is 1. The van der Waals surface area contributed by atoms with Gasteiger partial charge in [0.05, 0.1) is 5.69 Å². The third-order valence-electron chi connectivity index (χ3n) is 2.76. The number of hydrogen-bond acceptors (Lipinski definition) is 1. The Morgan fingerprint density at radius 3 is 2.61 bits per heavy atom. The molecule has 0 radical (unpaired) electrons. The molecule has 1 aromatic carbocycles. The van der Waals surface area contributed by atoms with E-state index in [1.54, 1.807) is 0 Å². The summed E-state index contributed by atoms with van der Waals surface area (Å²) in [7, 11) is 1.95. The average Bonchev–Trinajstić information content (AvgIpc) is 2.70. The van der Waals surface area contributed by atoms with E-state index in [0.29, 0.717) is 5.69 Å². The predicted molar refractivity (Wildman–Crippen MR) is 80.2 cm³/mol. The van der Waals surface area contributed by atoms with E-state index in [9.17, 15) is 4.79 Å². The zero-order chi connectivity index (χ0) is 13.1. The summed E-state index contributed by atoms with van der Waals surface area (Å²) in [5.74, 6) is 0.843. The van der Waals surface area contributed by atoms with E-state index in [4.69, 9.17) is 0 Å². The summed E-state index contributed by atoms with van der Waals surface area (Å²) in [6, 6.07) is 5.29. The molecule has 1 N–H and O–H groups in total. The van der Waals surface area contributed by atoms with Crippen LogP contribution in [0.25, 0.3) is 0 Å². The van der Waals surface area contributed by atoms with E-state index in [1.807, 2.05) is 30.1 Å². The maximum Gasteiger partial charge on any atom is 0.347 e. The van der Waals surface area contributed by atoms with Gasteiger partial charge in [-0.25, -0.2) is 4.79 Å². The number of anilines is 1. The SMILES string of the molecule is CN1CCC/C1=N/C(=O)Nc1c(Br)cccc1Br. The van der Waals surface area contributed by atoms with Crippen molar-refractivity contribution in [2.24, 2.45) is 4.99 Å². The molecule has 0 bridgehead atoms. The van der Waals surface area contributed by atoms with Gasteiger partial charge in [0, 0.05) is 29.0 Å². The van der Waals surface area contributed by atoms with Crippen LogP contribution in [0.15, 0.2) is 32.1 Å². The highest BCUT2D eigenvalue weighted by atomic mass is 79.9. The molecule has 0 saturated carbocycles. The Morgan fingerprint density at radius 2 is 2.06 bits per heavy atom. The van der Waals surface area contributed by atoms with Crippen LogP contribution >= 0.6 is 31.9 Å². The number of halogens is 2. The number of urea groups is 1. The van der Waals surface area contributed by atoms with E-state index in [-0.39, 0.29) is 6.03 Å². The number of carbonyl (C=O) groups is 1. The largest absolute Gasteiger partial charge is 0.363 e. The fraction of sp³-hybridized carbons (Fsp3) is 0.333. The average molecular weight is 375 g/mol. The number of carbonyl (C=O) groups excluding carboxylic acids is 1. The first-order valence-electron chi connectivity index (χ1n) is 5.61. The van der Waals surface area contributed by atoms with Crippen LogP contribution in [-0.2, 0) is 0 Å². The first kappa shape index (κ1) is 13.5. The molecule has 1 heterocycles. The van der Waals surface area contributed by atoms with Crippen LogP contribution in [-0.4, -0.2) is 30.4 Å². The van der Waals surface area contributed by atoms with Gasteiger partial charge in [-0.1, -0.05) is 6.07 Å². The Hall–Kier alpha value is -0.880. The van der Waals surface area contributed by atoms with Crippen LogP contribution in [0.4, 0.5) is 10.5 Å². The Labute approximate surface area is 123 Å². The van der Waals surface area contributed by atoms with Gasteiger partial charge in [0.1, 0.15) is 5.84 Å². The van der Waals surface area contributed by atoms with Gasteiger partial charge in [-0.05, 0) is 50.4 Å². The Morgan fingerprint density at radius 1 is 1.39 bits per heavy atom. The van der Waals surface area contributed by atoms with Crippen molar-refractivity contribution in [1.29, 1.82) is 0 Å². The van der Waals surface area contributed by atoms with Gasteiger partial charge in [-0.15, -0.1) is 0 Å². The Balaban J connectivity index is 2.12. The summed E-state index contributed by atoms with van der Waals surface area (Å²) in [6.45, 7) is 0.963. The van der Waals surface area contributed by atoms with Crippen molar-refractivity contribution >= 4 is 49.4 Å². The number of amides is 2. The molecule has 1 aliphatic heterocycles. The van der Waals surface area contributed by atoms with Crippen LogP contribution in [0.5, 0.6) is 0 Å². The molecule has 1 saturated heterocycles. The van der Waals surface area contributed by atoms with E-state index >= 15 is 0 Å². The zero-order valence-corrected chi connectivity index (χ0v) is 13.1. The van der Waals surface area contributed by atoms with Crippen molar-refractivity contribution in [2.75, 3.05) is 18.9 Å². The lowest BCUT2D eigenvalue weighted by molar-refractivity contribution is 0.259. The lowest BCUT2D eigenvalue weighted by Gasteiger charge is -2.11. The highest BCUT2D eigenvalue weighted by molar-refractivity contribution is 9.11. The highest BCUT2D eigenvalue weighted by Crippen LogP contribution is 2.30. The Kier molecular flexibility index (Phi) is 4.40. The second-order valence-corrected chi connectivity index (χ2v) is 5.79. The second kappa shape index (κ2) is 5.84. The van der Waals surface area contributed by atoms with Crippen molar-refractivity contribution in [2.45, 2.75) is 12.8 Å². The van der Waals surface area contributed by atoms with Crippen LogP contribution < -0.4 is 5.32 Å². The first-order valence-corrected chi connectivity index (χ1v) is 7.20. The molecule has 0 spiro atoms. The van der Waals surface area contributed by atoms with Crippen molar-refractivity contribution in [3.05, 3.63) is 27.1 Å². The van der Waals surface area contributed by atoms with Gasteiger partial charge in [0.2, 0.25) is 0 Å². The summed E-state index contributed by atoms with van der Waals surface area (Å²) in [5, 5.41) is 2.78. The summed E-state index contributed by atoms with van der Waals surface area (Å²) in [6.07, 6.45) is 1.92. The van der Waals surface area contributed by atoms with Crippen molar-refractivity contribution < 1.29 is 4.79 Å². The number of para-hydroxylation sites is 1. The van der Waals surface area contributed by atoms with Gasteiger partial charge < -0.3 is 10.2 Å². The summed E-state index contributed by atoms with van der Waals surface area (Å²) < 4.78 is 1.65. The van der Waals surface area contributed by atoms with Crippen molar-refractivity contribution in [1.82, 2.24) is 4.90 Å². The molecule has 1 fully saturated rings. The second-order valence-electron chi connectivity index (χ2n) is 4.08. The monoisotopic (exact) mass is 373 g/mol. The lowest BCUT2D eigenvalue weighted by atomic mass is 10.3. The van der Waals surface area contributed by atoms with Gasteiger partial charge in [-0.3, -0.25) is 0 Å². The minimum atomic E-state index is -0.341. The van der Waals surface area contributed by atoms with Gasteiger partial charge in [-0.2, -0.15) is 4.99 Å². The fourth-order valence-corrected chi connectivity index (χ4v) is 3.00. The molecule has 18 heavy (non-hydrogen) atoms. The molecular formula is C12H13Br2N3O. The molecule has 4 nitrogen and oxygen atoms in total. The molecular weight excluding hydrogens is 362 g/mol. The van der Waals surface area contributed by atoms with Crippen LogP contribution in [0.2, 0.25) is 0 Å². The van der Waals surface area contributed by atoms with Crippen LogP contribution in [0.3, 0.4) is 0 Å². The Bertz CT molecular complexity index is 482. The standard InChI is InChI=1S/C12H13Br2N3O/c1-17-7-3-6-10(17)15-12(18)16-11-8(13)4-2-5-9(11)14/h2,4-5H,3,6-7H2,1H3,(H,16,18)/b15-10-. The highest BCUT2D eigenvalue weighted by Gasteiger charge is 2.16. The van der Waals surface area contributed by atoms with Gasteiger partial charge in [0.15, 0.2) is 0 Å². The van der Waals surface area contributed by atoms with E-state index in [0.717, 1.165) is 34.2 Å². The van der Waals surface area contributed by atoms with E-state index < -0.39 is 0 Å². The number of rotatable bonds is 1. The number of likely N-dealkylation sites (tertiary alicyclic amines) is 1. The molecule has 0 aliphatic carbocycles. The number of nitrogens with zero attached hydrogens (tertiary/aromatic N) is 2. The molecule has 6 heteroatoms. The molecule has 2 rings (SSSR count). The minimum Gasteiger partial charge on any atom is -0.363 e. The molecule has 0 atom stereocenters. The van der Waals surface area contributed by atoms with Crippen molar-refractivity contribution in [3.63, 3.8) is 0 Å². The fourth-order valence-electron chi connectivity index (χ4n) is 1.80. The smallest absolute Gasteiger partial charge is 0.347 e. The summed E-state index contributed by atoms with van der Waals surface area (Å²) in [5.41, 5.74) is 0.701.